The van der Waals surface area contributed by atoms with Crippen molar-refractivity contribution in [2.45, 2.75) is 38.8 Å². The summed E-state index contributed by atoms with van der Waals surface area (Å²) in [6.07, 6.45) is 4.26. The Labute approximate surface area is 107 Å². The Morgan fingerprint density at radius 3 is 2.18 bits per heavy atom. The smallest absolute Gasteiger partial charge is 0.182 e. The lowest BCUT2D eigenvalue weighted by Gasteiger charge is -2.22. The standard InChI is InChI=1S/C15H24OSi/c1-13(2)17(14(3)4)16-12-8-11-15-9-6-5-7-10-15/h5-11,13-14,17H,12H2,1-4H3/b11-8+. The predicted octanol–water partition coefficient (Wildman–Crippen LogP) is 4.26. The largest absolute Gasteiger partial charge is 0.416 e. The summed E-state index contributed by atoms with van der Waals surface area (Å²) in [6, 6.07) is 10.4. The van der Waals surface area contributed by atoms with E-state index in [9.17, 15) is 0 Å². The third-order valence-electron chi connectivity index (χ3n) is 2.81. The van der Waals surface area contributed by atoms with Gasteiger partial charge in [-0.25, -0.2) is 0 Å². The first-order valence-corrected chi connectivity index (χ1v) is 8.25. The first-order valence-electron chi connectivity index (χ1n) is 6.44. The Morgan fingerprint density at radius 2 is 1.65 bits per heavy atom. The summed E-state index contributed by atoms with van der Waals surface area (Å²) in [5, 5.41) is 0. The van der Waals surface area contributed by atoms with Gasteiger partial charge in [0.15, 0.2) is 9.04 Å². The molecule has 0 atom stereocenters. The quantitative estimate of drug-likeness (QED) is 0.684. The summed E-state index contributed by atoms with van der Waals surface area (Å²) >= 11 is 0. The molecule has 0 saturated carbocycles. The fourth-order valence-corrected chi connectivity index (χ4v) is 4.71. The molecule has 0 aliphatic heterocycles. The Morgan fingerprint density at radius 1 is 1.06 bits per heavy atom. The van der Waals surface area contributed by atoms with Gasteiger partial charge in [0.25, 0.3) is 0 Å². The molecule has 0 fully saturated rings. The van der Waals surface area contributed by atoms with Crippen LogP contribution < -0.4 is 0 Å². The van der Waals surface area contributed by atoms with Gasteiger partial charge < -0.3 is 4.43 Å². The van der Waals surface area contributed by atoms with E-state index in [-0.39, 0.29) is 0 Å². The van der Waals surface area contributed by atoms with Crippen molar-refractivity contribution in [3.05, 3.63) is 42.0 Å². The molecule has 1 nitrogen and oxygen atoms in total. The molecule has 0 spiro atoms. The molecule has 0 radical (unpaired) electrons. The van der Waals surface area contributed by atoms with Crippen LogP contribution in [0, 0.1) is 0 Å². The first kappa shape index (κ1) is 14.2. The SMILES string of the molecule is CC(C)[SiH](OC/C=C/c1ccccc1)C(C)C. The van der Waals surface area contributed by atoms with Gasteiger partial charge in [0, 0.05) is 0 Å². The Balaban J connectivity index is 2.39. The van der Waals surface area contributed by atoms with Gasteiger partial charge in [-0.2, -0.15) is 0 Å². The van der Waals surface area contributed by atoms with E-state index in [0.29, 0.717) is 11.1 Å². The predicted molar refractivity (Wildman–Crippen MR) is 78.8 cm³/mol. The van der Waals surface area contributed by atoms with Crippen molar-refractivity contribution in [1.82, 2.24) is 0 Å². The molecule has 1 aromatic rings. The van der Waals surface area contributed by atoms with Gasteiger partial charge in [0.2, 0.25) is 0 Å². The van der Waals surface area contributed by atoms with Crippen LogP contribution in [0.3, 0.4) is 0 Å². The molecule has 0 unspecified atom stereocenters. The average molecular weight is 248 g/mol. The molecule has 94 valence electrons. The van der Waals surface area contributed by atoms with Crippen LogP contribution in [0.25, 0.3) is 6.08 Å². The second kappa shape index (κ2) is 7.46. The fraction of sp³-hybridized carbons (Fsp3) is 0.467. The van der Waals surface area contributed by atoms with E-state index in [1.807, 2.05) is 6.07 Å². The number of benzene rings is 1. The van der Waals surface area contributed by atoms with Gasteiger partial charge in [0.1, 0.15) is 0 Å². The highest BCUT2D eigenvalue weighted by Gasteiger charge is 2.19. The van der Waals surface area contributed by atoms with Crippen molar-refractivity contribution in [2.24, 2.45) is 0 Å². The summed E-state index contributed by atoms with van der Waals surface area (Å²) in [7, 11) is -1.06. The lowest BCUT2D eigenvalue weighted by atomic mass is 10.2. The molecule has 0 aliphatic rings. The van der Waals surface area contributed by atoms with Crippen molar-refractivity contribution in [2.75, 3.05) is 6.61 Å². The van der Waals surface area contributed by atoms with Crippen LogP contribution >= 0.6 is 0 Å². The lowest BCUT2D eigenvalue weighted by Crippen LogP contribution is -2.25. The van der Waals surface area contributed by atoms with E-state index in [4.69, 9.17) is 4.43 Å². The number of rotatable bonds is 6. The van der Waals surface area contributed by atoms with E-state index in [0.717, 1.165) is 6.61 Å². The van der Waals surface area contributed by atoms with Crippen molar-refractivity contribution >= 4 is 15.1 Å². The van der Waals surface area contributed by atoms with Gasteiger partial charge in [-0.05, 0) is 16.6 Å². The summed E-state index contributed by atoms with van der Waals surface area (Å²) in [5.41, 5.74) is 2.66. The second-order valence-corrected chi connectivity index (χ2v) is 9.03. The molecule has 1 aromatic carbocycles. The van der Waals surface area contributed by atoms with Crippen LogP contribution in [-0.2, 0) is 4.43 Å². The molecule has 0 aromatic heterocycles. The van der Waals surface area contributed by atoms with Crippen LogP contribution in [0.4, 0.5) is 0 Å². The minimum atomic E-state index is -1.06. The average Bonchev–Trinajstić information content (AvgIpc) is 2.29. The van der Waals surface area contributed by atoms with Gasteiger partial charge in [-0.15, -0.1) is 0 Å². The maximum atomic E-state index is 6.04. The third-order valence-corrected chi connectivity index (χ3v) is 6.01. The van der Waals surface area contributed by atoms with Crippen molar-refractivity contribution < 1.29 is 4.43 Å². The molecule has 0 saturated heterocycles. The Bertz CT molecular complexity index is 322. The molecule has 0 N–H and O–H groups in total. The first-order chi connectivity index (χ1) is 8.11. The topological polar surface area (TPSA) is 9.23 Å². The highest BCUT2D eigenvalue weighted by Crippen LogP contribution is 2.20. The number of hydrogen-bond acceptors (Lipinski definition) is 1. The Kier molecular flexibility index (Phi) is 6.23. The van der Waals surface area contributed by atoms with Crippen molar-refractivity contribution in [1.29, 1.82) is 0 Å². The van der Waals surface area contributed by atoms with E-state index in [1.165, 1.54) is 5.56 Å². The Hall–Kier alpha value is -0.863. The zero-order valence-corrected chi connectivity index (χ0v) is 12.5. The summed E-state index contributed by atoms with van der Waals surface area (Å²) in [5.74, 6) is 0. The van der Waals surface area contributed by atoms with E-state index >= 15 is 0 Å². The second-order valence-electron chi connectivity index (χ2n) is 5.10. The zero-order chi connectivity index (χ0) is 12.7. The van der Waals surface area contributed by atoms with Gasteiger partial charge in [0.05, 0.1) is 6.61 Å². The third kappa shape index (κ3) is 5.33. The lowest BCUT2D eigenvalue weighted by molar-refractivity contribution is 0.352. The molecule has 1 rings (SSSR count). The fourth-order valence-electron chi connectivity index (χ4n) is 2.07. The minimum absolute atomic E-state index is 0.708. The zero-order valence-electron chi connectivity index (χ0n) is 11.4. The molecule has 0 amide bonds. The molecular formula is C15H24OSi. The van der Waals surface area contributed by atoms with E-state index in [2.05, 4.69) is 64.1 Å². The van der Waals surface area contributed by atoms with Crippen LogP contribution in [0.15, 0.2) is 36.4 Å². The normalized spacial score (nSPS) is 12.2. The summed E-state index contributed by atoms with van der Waals surface area (Å²) in [4.78, 5) is 0. The molecule has 0 aliphatic carbocycles. The van der Waals surface area contributed by atoms with Crippen LogP contribution in [-0.4, -0.2) is 15.6 Å². The van der Waals surface area contributed by atoms with Crippen LogP contribution in [0.1, 0.15) is 33.3 Å². The molecule has 17 heavy (non-hydrogen) atoms. The van der Waals surface area contributed by atoms with Crippen molar-refractivity contribution in [3.8, 4) is 0 Å². The van der Waals surface area contributed by atoms with E-state index in [1.54, 1.807) is 0 Å². The van der Waals surface area contributed by atoms with Crippen LogP contribution in [0.2, 0.25) is 11.1 Å². The molecule has 2 heteroatoms. The maximum absolute atomic E-state index is 6.04. The van der Waals surface area contributed by atoms with E-state index < -0.39 is 9.04 Å². The van der Waals surface area contributed by atoms with Crippen molar-refractivity contribution in [3.63, 3.8) is 0 Å². The van der Waals surface area contributed by atoms with Gasteiger partial charge >= 0.3 is 0 Å². The van der Waals surface area contributed by atoms with Crippen LogP contribution in [0.5, 0.6) is 0 Å². The highest BCUT2D eigenvalue weighted by molar-refractivity contribution is 6.54. The summed E-state index contributed by atoms with van der Waals surface area (Å²) in [6.45, 7) is 9.85. The maximum Gasteiger partial charge on any atom is 0.182 e. The molecular weight excluding hydrogens is 224 g/mol. The highest BCUT2D eigenvalue weighted by atomic mass is 28.3. The molecule has 0 bridgehead atoms. The number of hydrogen-bond donors (Lipinski definition) is 0. The van der Waals surface area contributed by atoms with Gasteiger partial charge in [-0.1, -0.05) is 70.2 Å². The van der Waals surface area contributed by atoms with Gasteiger partial charge in [-0.3, -0.25) is 0 Å². The summed E-state index contributed by atoms with van der Waals surface area (Å²) < 4.78 is 6.04. The monoisotopic (exact) mass is 248 g/mol. The minimum Gasteiger partial charge on any atom is -0.416 e. The molecule has 0 heterocycles.